The third kappa shape index (κ3) is 2.46. The van der Waals surface area contributed by atoms with Crippen LogP contribution >= 0.6 is 15.9 Å². The Morgan fingerprint density at radius 1 is 0.833 bits per heavy atom. The molecule has 3 rings (SSSR count). The highest BCUT2D eigenvalue weighted by Gasteiger charge is 2.37. The Balaban J connectivity index is 2.16. The molecule has 2 aromatic carbocycles. The second-order valence-electron chi connectivity index (χ2n) is 5.01. The first kappa shape index (κ1) is 15.9. The predicted molar refractivity (Wildman–Crippen MR) is 85.6 cm³/mol. The van der Waals surface area contributed by atoms with Gasteiger partial charge in [0.1, 0.15) is 0 Å². The largest absolute Gasteiger partial charge is 0.478 e. The van der Waals surface area contributed by atoms with Crippen molar-refractivity contribution >= 4 is 45.4 Å². The maximum Gasteiger partial charge on any atom is 0.335 e. The summed E-state index contributed by atoms with van der Waals surface area (Å²) in [4.78, 5) is 48.1. The first-order chi connectivity index (χ1) is 11.3. The van der Waals surface area contributed by atoms with Crippen LogP contribution in [0.2, 0.25) is 0 Å². The van der Waals surface area contributed by atoms with Crippen molar-refractivity contribution in [2.24, 2.45) is 0 Å². The van der Waals surface area contributed by atoms with Gasteiger partial charge in [-0.2, -0.15) is 0 Å². The Labute approximate surface area is 143 Å². The van der Waals surface area contributed by atoms with Crippen LogP contribution in [0.4, 0.5) is 5.69 Å². The van der Waals surface area contributed by atoms with E-state index in [1.165, 1.54) is 12.1 Å². The second-order valence-corrected chi connectivity index (χ2v) is 5.93. The van der Waals surface area contributed by atoms with Crippen LogP contribution in [0.25, 0.3) is 0 Å². The normalized spacial score (nSPS) is 13.1. The third-order valence-electron chi connectivity index (χ3n) is 3.52. The van der Waals surface area contributed by atoms with Crippen LogP contribution < -0.4 is 4.90 Å². The van der Waals surface area contributed by atoms with Gasteiger partial charge < -0.3 is 10.2 Å². The summed E-state index contributed by atoms with van der Waals surface area (Å²) >= 11 is 3.21. The molecule has 0 unspecified atom stereocenters. The zero-order chi connectivity index (χ0) is 17.6. The maximum atomic E-state index is 12.5. The number of hydrogen-bond donors (Lipinski definition) is 2. The van der Waals surface area contributed by atoms with Gasteiger partial charge in [0.05, 0.1) is 27.9 Å². The van der Waals surface area contributed by atoms with Gasteiger partial charge in [-0.3, -0.25) is 9.59 Å². The fraction of sp³-hybridized carbons (Fsp3) is 0. The van der Waals surface area contributed by atoms with E-state index in [2.05, 4.69) is 15.9 Å². The van der Waals surface area contributed by atoms with Gasteiger partial charge in [-0.25, -0.2) is 14.5 Å². The molecule has 24 heavy (non-hydrogen) atoms. The highest BCUT2D eigenvalue weighted by Crippen LogP contribution is 2.31. The van der Waals surface area contributed by atoms with Gasteiger partial charge in [-0.15, -0.1) is 0 Å². The van der Waals surface area contributed by atoms with Crippen molar-refractivity contribution in [1.29, 1.82) is 0 Å². The Hall–Kier alpha value is -3.00. The van der Waals surface area contributed by atoms with E-state index >= 15 is 0 Å². The number of benzene rings is 2. The number of imide groups is 1. The number of carbonyl (C=O) groups is 4. The van der Waals surface area contributed by atoms with Gasteiger partial charge in [0.2, 0.25) is 0 Å². The lowest BCUT2D eigenvalue weighted by atomic mass is 10.1. The summed E-state index contributed by atoms with van der Waals surface area (Å²) in [5, 5.41) is 18.2. The molecule has 8 heteroatoms. The van der Waals surface area contributed by atoms with Crippen molar-refractivity contribution in [3.63, 3.8) is 0 Å². The smallest absolute Gasteiger partial charge is 0.335 e. The molecule has 2 amide bonds. The van der Waals surface area contributed by atoms with E-state index in [-0.39, 0.29) is 27.9 Å². The second kappa shape index (κ2) is 5.57. The van der Waals surface area contributed by atoms with E-state index < -0.39 is 23.8 Å². The van der Waals surface area contributed by atoms with Crippen LogP contribution in [0.1, 0.15) is 41.4 Å². The third-order valence-corrected chi connectivity index (χ3v) is 4.01. The van der Waals surface area contributed by atoms with E-state index in [4.69, 9.17) is 10.2 Å². The number of anilines is 1. The topological polar surface area (TPSA) is 112 Å². The van der Waals surface area contributed by atoms with Gasteiger partial charge in [0, 0.05) is 4.47 Å². The van der Waals surface area contributed by atoms with Gasteiger partial charge >= 0.3 is 11.9 Å². The fourth-order valence-corrected chi connectivity index (χ4v) is 2.80. The van der Waals surface area contributed by atoms with Crippen molar-refractivity contribution in [3.8, 4) is 0 Å². The van der Waals surface area contributed by atoms with Crippen molar-refractivity contribution in [2.75, 3.05) is 4.90 Å². The van der Waals surface area contributed by atoms with E-state index in [0.29, 0.717) is 4.47 Å². The summed E-state index contributed by atoms with van der Waals surface area (Å²) in [7, 11) is 0. The summed E-state index contributed by atoms with van der Waals surface area (Å²) in [5.41, 5.74) is -0.437. The molecule has 120 valence electrons. The van der Waals surface area contributed by atoms with E-state index in [0.717, 1.165) is 23.1 Å². The first-order valence-electron chi connectivity index (χ1n) is 6.59. The van der Waals surface area contributed by atoms with E-state index in [1.54, 1.807) is 6.07 Å². The molecule has 1 aliphatic heterocycles. The number of hydrogen-bond acceptors (Lipinski definition) is 4. The average molecular weight is 390 g/mol. The van der Waals surface area contributed by atoms with Crippen LogP contribution in [0, 0.1) is 0 Å². The maximum absolute atomic E-state index is 12.5. The zero-order valence-corrected chi connectivity index (χ0v) is 13.4. The van der Waals surface area contributed by atoms with Crippen molar-refractivity contribution in [2.45, 2.75) is 0 Å². The number of fused-ring (bicyclic) bond motifs is 1. The Morgan fingerprint density at radius 2 is 1.38 bits per heavy atom. The predicted octanol–water partition coefficient (Wildman–Crippen LogP) is 2.65. The van der Waals surface area contributed by atoms with Gasteiger partial charge in [0.25, 0.3) is 11.8 Å². The number of nitrogens with zero attached hydrogens (tertiary/aromatic N) is 1. The molecule has 0 aromatic heterocycles. The van der Waals surface area contributed by atoms with Crippen molar-refractivity contribution in [3.05, 3.63) is 63.1 Å². The molecule has 2 aromatic rings. The molecule has 0 radical (unpaired) electrons. The highest BCUT2D eigenvalue weighted by molar-refractivity contribution is 9.10. The average Bonchev–Trinajstić information content (AvgIpc) is 2.77. The first-order valence-corrected chi connectivity index (χ1v) is 7.39. The van der Waals surface area contributed by atoms with Gasteiger partial charge in [-0.1, -0.05) is 15.9 Å². The number of carbonyl (C=O) groups excluding carboxylic acids is 2. The minimum absolute atomic E-state index is 0.102. The number of amides is 2. The van der Waals surface area contributed by atoms with E-state index in [1.807, 2.05) is 0 Å². The summed E-state index contributed by atoms with van der Waals surface area (Å²) in [6, 6.07) is 7.69. The number of carboxylic acids is 2. The quantitative estimate of drug-likeness (QED) is 0.780. The summed E-state index contributed by atoms with van der Waals surface area (Å²) in [6.07, 6.45) is 0. The number of aromatic carboxylic acids is 2. The lowest BCUT2D eigenvalue weighted by molar-refractivity contribution is 0.0695. The molecule has 0 aliphatic carbocycles. The Kier molecular flexibility index (Phi) is 3.69. The molecule has 1 aliphatic rings. The Bertz CT molecular complexity index is 904. The van der Waals surface area contributed by atoms with Crippen molar-refractivity contribution < 1.29 is 29.4 Å². The number of rotatable bonds is 3. The van der Waals surface area contributed by atoms with Crippen LogP contribution in [-0.4, -0.2) is 34.0 Å². The minimum atomic E-state index is -1.36. The molecule has 2 N–H and O–H groups in total. The lowest BCUT2D eigenvalue weighted by Gasteiger charge is -2.15. The molecular formula is C16H8BrNO6. The molecule has 0 bridgehead atoms. The molecular weight excluding hydrogens is 382 g/mol. The Morgan fingerprint density at radius 3 is 1.92 bits per heavy atom. The van der Waals surface area contributed by atoms with Crippen LogP contribution in [0.15, 0.2) is 40.9 Å². The lowest BCUT2D eigenvalue weighted by Crippen LogP contribution is -2.29. The number of halogens is 1. The summed E-state index contributed by atoms with van der Waals surface area (Å²) in [5.74, 6) is -4.01. The zero-order valence-electron chi connectivity index (χ0n) is 11.8. The monoisotopic (exact) mass is 389 g/mol. The molecule has 7 nitrogen and oxygen atoms in total. The molecule has 0 saturated carbocycles. The summed E-state index contributed by atoms with van der Waals surface area (Å²) < 4.78 is 0.606. The summed E-state index contributed by atoms with van der Waals surface area (Å²) in [6.45, 7) is 0. The number of carboxylic acid groups (broad SMARTS) is 2. The standard InChI is InChI=1S/C16H8BrNO6/c17-9-1-2-11-12(6-9)14(20)18(13(11)19)10-4-7(15(21)22)3-8(5-10)16(23)24/h1-6H,(H,21,22)(H,23,24). The molecule has 0 saturated heterocycles. The molecule has 0 spiro atoms. The van der Waals surface area contributed by atoms with Crippen LogP contribution in [-0.2, 0) is 0 Å². The van der Waals surface area contributed by atoms with E-state index in [9.17, 15) is 19.2 Å². The van der Waals surface area contributed by atoms with Gasteiger partial charge in [-0.05, 0) is 36.4 Å². The fourth-order valence-electron chi connectivity index (χ4n) is 2.43. The minimum Gasteiger partial charge on any atom is -0.478 e. The molecule has 1 heterocycles. The van der Waals surface area contributed by atoms with Crippen LogP contribution in [0.3, 0.4) is 0 Å². The molecule has 0 fully saturated rings. The highest BCUT2D eigenvalue weighted by atomic mass is 79.9. The van der Waals surface area contributed by atoms with Crippen molar-refractivity contribution in [1.82, 2.24) is 0 Å². The van der Waals surface area contributed by atoms with Gasteiger partial charge in [0.15, 0.2) is 0 Å². The molecule has 0 atom stereocenters. The van der Waals surface area contributed by atoms with Crippen LogP contribution in [0.5, 0.6) is 0 Å². The SMILES string of the molecule is O=C(O)c1cc(C(=O)O)cc(N2C(=O)c3ccc(Br)cc3C2=O)c1.